The lowest BCUT2D eigenvalue weighted by Crippen LogP contribution is -2.05. The number of methoxy groups -OCH3 is 1. The highest BCUT2D eigenvalue weighted by atomic mass is 79.9. The Labute approximate surface area is 101 Å². The summed E-state index contributed by atoms with van der Waals surface area (Å²) in [5.41, 5.74) is 6.01. The minimum atomic E-state index is -0.318. The number of carbonyl (C=O) groups excluding carboxylic acids is 1. The number of esters is 1. The summed E-state index contributed by atoms with van der Waals surface area (Å²) in [6, 6.07) is 5.46. The molecule has 0 amide bonds. The zero-order valence-electron chi connectivity index (χ0n) is 8.33. The smallest absolute Gasteiger partial charge is 0.338 e. The molecule has 1 rings (SSSR count). The van der Waals surface area contributed by atoms with E-state index in [0.29, 0.717) is 12.1 Å². The number of hydrogen-bond donors (Lipinski definition) is 1. The first kappa shape index (κ1) is 12.5. The number of benzene rings is 1. The van der Waals surface area contributed by atoms with Gasteiger partial charge in [0.15, 0.2) is 0 Å². The van der Waals surface area contributed by atoms with Crippen LogP contribution in [0.25, 0.3) is 0 Å². The highest BCUT2D eigenvalue weighted by molar-refractivity contribution is 9.10. The molecule has 0 saturated heterocycles. The minimum absolute atomic E-state index is 0.318. The van der Waals surface area contributed by atoms with Crippen molar-refractivity contribution in [2.24, 2.45) is 5.73 Å². The van der Waals surface area contributed by atoms with Gasteiger partial charge in [-0.1, -0.05) is 15.9 Å². The first-order valence-electron chi connectivity index (χ1n) is 4.39. The van der Waals surface area contributed by atoms with E-state index in [0.717, 1.165) is 15.1 Å². The molecular weight excluding hydrogens is 278 g/mol. The van der Waals surface area contributed by atoms with Crippen LogP contribution in [0.1, 0.15) is 10.4 Å². The van der Waals surface area contributed by atoms with Gasteiger partial charge in [0.2, 0.25) is 0 Å². The van der Waals surface area contributed by atoms with Gasteiger partial charge in [-0.05, 0) is 18.2 Å². The average molecular weight is 290 g/mol. The van der Waals surface area contributed by atoms with Gasteiger partial charge in [-0.25, -0.2) is 4.79 Å². The zero-order valence-corrected chi connectivity index (χ0v) is 10.7. The monoisotopic (exact) mass is 289 g/mol. The van der Waals surface area contributed by atoms with Gasteiger partial charge in [0.1, 0.15) is 0 Å². The Hall–Kier alpha value is -0.520. The third kappa shape index (κ3) is 3.52. The lowest BCUT2D eigenvalue weighted by atomic mass is 10.2. The standard InChI is InChI=1S/C10H12BrNO2S/c1-14-10(13)8-3-2-7(11)6-9(8)15-5-4-12/h2-3,6H,4-5,12H2,1H3. The maximum absolute atomic E-state index is 11.4. The summed E-state index contributed by atoms with van der Waals surface area (Å²) in [4.78, 5) is 12.3. The summed E-state index contributed by atoms with van der Waals surface area (Å²) in [7, 11) is 1.38. The molecule has 3 nitrogen and oxygen atoms in total. The fraction of sp³-hybridized carbons (Fsp3) is 0.300. The Kier molecular flexibility index (Phi) is 5.14. The molecule has 0 bridgehead atoms. The van der Waals surface area contributed by atoms with E-state index in [2.05, 4.69) is 15.9 Å². The summed E-state index contributed by atoms with van der Waals surface area (Å²) >= 11 is 4.91. The fourth-order valence-electron chi connectivity index (χ4n) is 1.06. The van der Waals surface area contributed by atoms with Gasteiger partial charge < -0.3 is 10.5 Å². The number of rotatable bonds is 4. The predicted molar refractivity (Wildman–Crippen MR) is 65.3 cm³/mol. The molecule has 1 aromatic carbocycles. The third-order valence-corrected chi connectivity index (χ3v) is 3.31. The summed E-state index contributed by atoms with van der Waals surface area (Å²) in [5.74, 6) is 0.461. The number of ether oxygens (including phenoxy) is 1. The van der Waals surface area contributed by atoms with Crippen molar-refractivity contribution in [1.29, 1.82) is 0 Å². The van der Waals surface area contributed by atoms with Crippen molar-refractivity contribution < 1.29 is 9.53 Å². The second kappa shape index (κ2) is 6.15. The van der Waals surface area contributed by atoms with Gasteiger partial charge in [0, 0.05) is 21.7 Å². The molecule has 0 radical (unpaired) electrons. The molecule has 5 heteroatoms. The van der Waals surface area contributed by atoms with Gasteiger partial charge >= 0.3 is 5.97 Å². The summed E-state index contributed by atoms with van der Waals surface area (Å²) < 4.78 is 5.64. The minimum Gasteiger partial charge on any atom is -0.465 e. The van der Waals surface area contributed by atoms with Crippen LogP contribution in [0.5, 0.6) is 0 Å². The van der Waals surface area contributed by atoms with Crippen LogP contribution < -0.4 is 5.73 Å². The summed E-state index contributed by atoms with van der Waals surface area (Å²) in [6.45, 7) is 0.581. The normalized spacial score (nSPS) is 10.1. The van der Waals surface area contributed by atoms with Crippen LogP contribution >= 0.6 is 27.7 Å². The molecule has 0 aliphatic heterocycles. The van der Waals surface area contributed by atoms with Crippen molar-refractivity contribution >= 4 is 33.7 Å². The van der Waals surface area contributed by atoms with Crippen LogP contribution in [0.15, 0.2) is 27.6 Å². The molecular formula is C10H12BrNO2S. The molecule has 0 heterocycles. The summed E-state index contributed by atoms with van der Waals surface area (Å²) in [5, 5.41) is 0. The van der Waals surface area contributed by atoms with E-state index in [9.17, 15) is 4.79 Å². The van der Waals surface area contributed by atoms with Crippen LogP contribution in [0.2, 0.25) is 0 Å². The van der Waals surface area contributed by atoms with Crippen molar-refractivity contribution in [3.05, 3.63) is 28.2 Å². The van der Waals surface area contributed by atoms with Crippen LogP contribution in [0.4, 0.5) is 0 Å². The number of nitrogens with two attached hydrogens (primary N) is 1. The molecule has 0 aliphatic carbocycles. The van der Waals surface area contributed by atoms with Gasteiger partial charge in [-0.3, -0.25) is 0 Å². The third-order valence-electron chi connectivity index (χ3n) is 1.72. The lowest BCUT2D eigenvalue weighted by molar-refractivity contribution is 0.0597. The second-order valence-corrected chi connectivity index (χ2v) is 4.82. The molecule has 0 atom stereocenters. The fourth-order valence-corrected chi connectivity index (χ4v) is 2.43. The van der Waals surface area contributed by atoms with Crippen LogP contribution in [0, 0.1) is 0 Å². The topological polar surface area (TPSA) is 52.3 Å². The van der Waals surface area contributed by atoms with E-state index in [1.807, 2.05) is 12.1 Å². The average Bonchev–Trinajstić information content (AvgIpc) is 2.25. The van der Waals surface area contributed by atoms with Crippen LogP contribution in [0.3, 0.4) is 0 Å². The Morgan fingerprint density at radius 1 is 1.60 bits per heavy atom. The second-order valence-electron chi connectivity index (χ2n) is 2.77. The predicted octanol–water partition coefficient (Wildman–Crippen LogP) is 2.29. The van der Waals surface area contributed by atoms with E-state index < -0.39 is 0 Å². The maximum Gasteiger partial charge on any atom is 0.338 e. The summed E-state index contributed by atoms with van der Waals surface area (Å²) in [6.07, 6.45) is 0. The maximum atomic E-state index is 11.4. The number of halogens is 1. The van der Waals surface area contributed by atoms with Gasteiger partial charge in [-0.15, -0.1) is 11.8 Å². The Morgan fingerprint density at radius 3 is 2.93 bits per heavy atom. The highest BCUT2D eigenvalue weighted by Crippen LogP contribution is 2.26. The van der Waals surface area contributed by atoms with Gasteiger partial charge in [-0.2, -0.15) is 0 Å². The van der Waals surface area contributed by atoms with Crippen LogP contribution in [-0.4, -0.2) is 25.4 Å². The SMILES string of the molecule is COC(=O)c1ccc(Br)cc1SCCN. The van der Waals surface area contributed by atoms with Crippen LogP contribution in [-0.2, 0) is 4.74 Å². The Balaban J connectivity index is 2.97. The van der Waals surface area contributed by atoms with Gasteiger partial charge in [0.25, 0.3) is 0 Å². The lowest BCUT2D eigenvalue weighted by Gasteiger charge is -2.07. The molecule has 0 spiro atoms. The number of thioether (sulfide) groups is 1. The van der Waals surface area contributed by atoms with E-state index in [1.165, 1.54) is 7.11 Å². The molecule has 0 aromatic heterocycles. The molecule has 0 saturated carbocycles. The quantitative estimate of drug-likeness (QED) is 0.683. The molecule has 0 unspecified atom stereocenters. The molecule has 0 fully saturated rings. The Bertz CT molecular complexity index is 357. The molecule has 1 aromatic rings. The molecule has 82 valence electrons. The van der Waals surface area contributed by atoms with Crippen molar-refractivity contribution in [2.75, 3.05) is 19.4 Å². The molecule has 0 aliphatic rings. The van der Waals surface area contributed by atoms with Crippen molar-refractivity contribution in [3.63, 3.8) is 0 Å². The van der Waals surface area contributed by atoms with E-state index in [4.69, 9.17) is 10.5 Å². The van der Waals surface area contributed by atoms with E-state index in [1.54, 1.807) is 17.8 Å². The molecule has 15 heavy (non-hydrogen) atoms. The molecule has 2 N–H and O–H groups in total. The first-order valence-corrected chi connectivity index (χ1v) is 6.17. The van der Waals surface area contributed by atoms with E-state index in [-0.39, 0.29) is 5.97 Å². The zero-order chi connectivity index (χ0) is 11.3. The first-order chi connectivity index (χ1) is 7.19. The Morgan fingerprint density at radius 2 is 2.33 bits per heavy atom. The number of carbonyl (C=O) groups is 1. The largest absolute Gasteiger partial charge is 0.465 e. The van der Waals surface area contributed by atoms with Crippen molar-refractivity contribution in [3.8, 4) is 0 Å². The van der Waals surface area contributed by atoms with Gasteiger partial charge in [0.05, 0.1) is 12.7 Å². The highest BCUT2D eigenvalue weighted by Gasteiger charge is 2.11. The number of hydrogen-bond acceptors (Lipinski definition) is 4. The van der Waals surface area contributed by atoms with E-state index >= 15 is 0 Å². The van der Waals surface area contributed by atoms with Crippen molar-refractivity contribution in [2.45, 2.75) is 4.90 Å². The van der Waals surface area contributed by atoms with Crippen molar-refractivity contribution in [1.82, 2.24) is 0 Å².